The molecule has 2 N–H and O–H groups in total. The summed E-state index contributed by atoms with van der Waals surface area (Å²) in [6, 6.07) is 14.9. The van der Waals surface area contributed by atoms with E-state index in [4.69, 9.17) is 0 Å². The molecule has 0 aliphatic rings. The zero-order valence-corrected chi connectivity index (χ0v) is 17.5. The van der Waals surface area contributed by atoms with Crippen LogP contribution < -0.4 is 11.2 Å². The van der Waals surface area contributed by atoms with E-state index in [0.29, 0.717) is 23.0 Å². The minimum Gasteiger partial charge on any atom is -0.507 e. The Morgan fingerprint density at radius 1 is 0.969 bits per heavy atom. The van der Waals surface area contributed by atoms with Gasteiger partial charge < -0.3 is 9.67 Å². The molecule has 0 fully saturated rings. The van der Waals surface area contributed by atoms with E-state index >= 15 is 0 Å². The summed E-state index contributed by atoms with van der Waals surface area (Å²) in [6.07, 6.45) is 0.737. The summed E-state index contributed by atoms with van der Waals surface area (Å²) < 4.78 is 2.95. The molecule has 5 aromatic rings. The molecular formula is C23H20N6O3. The lowest BCUT2D eigenvalue weighted by Gasteiger charge is -2.09. The van der Waals surface area contributed by atoms with Gasteiger partial charge in [0.1, 0.15) is 11.4 Å². The molecule has 0 saturated heterocycles. The van der Waals surface area contributed by atoms with Gasteiger partial charge in [0, 0.05) is 35.1 Å². The van der Waals surface area contributed by atoms with E-state index in [2.05, 4.69) is 20.2 Å². The molecule has 0 atom stereocenters. The van der Waals surface area contributed by atoms with Gasteiger partial charge in [-0.15, -0.1) is 10.2 Å². The van der Waals surface area contributed by atoms with Gasteiger partial charge in [-0.25, -0.2) is 4.79 Å². The number of aromatic amines is 1. The molecule has 9 heteroatoms. The molecule has 0 amide bonds. The van der Waals surface area contributed by atoms with Gasteiger partial charge in [-0.05, 0) is 6.42 Å². The highest BCUT2D eigenvalue weighted by Crippen LogP contribution is 2.42. The molecule has 0 saturated carbocycles. The smallest absolute Gasteiger partial charge is 0.329 e. The van der Waals surface area contributed by atoms with E-state index in [-0.39, 0.29) is 22.9 Å². The molecule has 3 aromatic carbocycles. The number of aryl methyl sites for hydroxylation is 2. The average Bonchev–Trinajstić information content (AvgIpc) is 3.17. The number of azo groups is 1. The Hall–Kier alpha value is -4.27. The number of benzene rings is 3. The number of phenols is 1. The fourth-order valence-corrected chi connectivity index (χ4v) is 4.02. The number of hydrogen-bond acceptors (Lipinski definition) is 6. The number of hydrogen-bond donors (Lipinski definition) is 2. The molecule has 9 nitrogen and oxygen atoms in total. The van der Waals surface area contributed by atoms with Crippen LogP contribution in [0, 0.1) is 0 Å². The minimum absolute atomic E-state index is 0.190. The Morgan fingerprint density at radius 3 is 2.16 bits per heavy atom. The number of nitrogens with zero attached hydrogens (tertiary/aromatic N) is 5. The van der Waals surface area contributed by atoms with Crippen molar-refractivity contribution < 1.29 is 5.11 Å². The Bertz CT molecular complexity index is 1600. The first-order chi connectivity index (χ1) is 15.5. The zero-order chi connectivity index (χ0) is 22.4. The molecule has 0 spiro atoms. The first-order valence-corrected chi connectivity index (χ1v) is 10.2. The molecule has 0 aliphatic heterocycles. The van der Waals surface area contributed by atoms with Gasteiger partial charge in [-0.3, -0.25) is 14.3 Å². The lowest BCUT2D eigenvalue weighted by atomic mass is 10.00. The van der Waals surface area contributed by atoms with Crippen LogP contribution in [-0.4, -0.2) is 24.2 Å². The molecule has 5 rings (SSSR count). The number of H-pyrrole nitrogens is 1. The minimum atomic E-state index is -0.539. The molecule has 2 heterocycles. The van der Waals surface area contributed by atoms with Crippen LogP contribution in [0.3, 0.4) is 0 Å². The van der Waals surface area contributed by atoms with Gasteiger partial charge in [0.15, 0.2) is 11.2 Å². The number of nitrogens with one attached hydrogen (secondary N) is 1. The largest absolute Gasteiger partial charge is 0.507 e. The predicted molar refractivity (Wildman–Crippen MR) is 123 cm³/mol. The monoisotopic (exact) mass is 428 g/mol. The van der Waals surface area contributed by atoms with Gasteiger partial charge in [0.2, 0.25) is 0 Å². The van der Waals surface area contributed by atoms with Gasteiger partial charge in [-0.2, -0.15) is 4.98 Å². The van der Waals surface area contributed by atoms with E-state index in [1.165, 1.54) is 4.57 Å². The van der Waals surface area contributed by atoms with Crippen LogP contribution in [0.4, 0.5) is 11.6 Å². The van der Waals surface area contributed by atoms with Crippen molar-refractivity contribution in [1.82, 2.24) is 19.1 Å². The van der Waals surface area contributed by atoms with E-state index < -0.39 is 11.2 Å². The molecule has 32 heavy (non-hydrogen) atoms. The summed E-state index contributed by atoms with van der Waals surface area (Å²) >= 11 is 0. The summed E-state index contributed by atoms with van der Waals surface area (Å²) in [7, 11) is 1.55. The molecule has 0 unspecified atom stereocenters. The van der Waals surface area contributed by atoms with Crippen LogP contribution in [-0.2, 0) is 13.6 Å². The zero-order valence-electron chi connectivity index (χ0n) is 17.5. The van der Waals surface area contributed by atoms with Gasteiger partial charge in [0.25, 0.3) is 11.5 Å². The first-order valence-electron chi connectivity index (χ1n) is 10.2. The van der Waals surface area contributed by atoms with Crippen LogP contribution >= 0.6 is 0 Å². The Labute approximate surface area is 181 Å². The van der Waals surface area contributed by atoms with Crippen molar-refractivity contribution in [3.05, 3.63) is 69.4 Å². The van der Waals surface area contributed by atoms with Crippen LogP contribution in [0.1, 0.15) is 13.3 Å². The lowest BCUT2D eigenvalue weighted by molar-refractivity contribution is 0.488. The maximum atomic E-state index is 12.5. The molecular weight excluding hydrogens is 408 g/mol. The van der Waals surface area contributed by atoms with Crippen LogP contribution in [0.15, 0.2) is 68.3 Å². The van der Waals surface area contributed by atoms with Crippen molar-refractivity contribution in [1.29, 1.82) is 0 Å². The van der Waals surface area contributed by atoms with Crippen molar-refractivity contribution in [2.24, 2.45) is 17.3 Å². The number of aromatic nitrogens is 4. The molecule has 0 aliphatic carbocycles. The van der Waals surface area contributed by atoms with E-state index in [9.17, 15) is 14.7 Å². The third-order valence-corrected chi connectivity index (χ3v) is 5.55. The number of phenolic OH excluding ortho intramolecular Hbond substituents is 1. The SMILES string of the molecule is CCCn1c(N=Nc2c3ccccc3c(O)c3ccccc23)nc2c1c(=O)[nH]c(=O)n2C. The summed E-state index contributed by atoms with van der Waals surface area (Å²) in [5.74, 6) is 0.421. The third-order valence-electron chi connectivity index (χ3n) is 5.55. The van der Waals surface area contributed by atoms with Crippen molar-refractivity contribution in [2.75, 3.05) is 0 Å². The molecule has 0 radical (unpaired) electrons. The van der Waals surface area contributed by atoms with Crippen LogP contribution in [0.25, 0.3) is 32.7 Å². The second-order valence-electron chi connectivity index (χ2n) is 7.54. The standard InChI is InChI=1S/C23H20N6O3/c1-3-12-29-18-20(28(2)23(32)25-21(18)31)24-22(29)27-26-17-13-8-4-6-10-15(13)19(30)16-11-7-5-9-14(16)17/h4-11,30H,3,12H2,1-2H3,(H,25,31,32). The normalized spacial score (nSPS) is 11.9. The Balaban J connectivity index is 1.80. The predicted octanol–water partition coefficient (Wildman–Crippen LogP) is 4.26. The van der Waals surface area contributed by atoms with Gasteiger partial charge >= 0.3 is 5.69 Å². The fourth-order valence-electron chi connectivity index (χ4n) is 4.02. The number of aromatic hydroxyl groups is 1. The highest BCUT2D eigenvalue weighted by Gasteiger charge is 2.18. The average molecular weight is 428 g/mol. The van der Waals surface area contributed by atoms with E-state index in [1.807, 2.05) is 55.5 Å². The second-order valence-corrected chi connectivity index (χ2v) is 7.54. The van der Waals surface area contributed by atoms with E-state index in [1.54, 1.807) is 11.6 Å². The Morgan fingerprint density at radius 2 is 1.56 bits per heavy atom. The first kappa shape index (κ1) is 19.7. The molecule has 2 aromatic heterocycles. The number of fused-ring (bicyclic) bond motifs is 3. The lowest BCUT2D eigenvalue weighted by Crippen LogP contribution is -2.29. The summed E-state index contributed by atoms with van der Waals surface area (Å²) in [5, 5.41) is 22.5. The van der Waals surface area contributed by atoms with Crippen LogP contribution in [0.2, 0.25) is 0 Å². The quantitative estimate of drug-likeness (QED) is 0.328. The topological polar surface area (TPSA) is 118 Å². The van der Waals surface area contributed by atoms with Crippen molar-refractivity contribution >= 4 is 44.3 Å². The molecule has 0 bridgehead atoms. The summed E-state index contributed by atoms with van der Waals surface area (Å²) in [4.78, 5) is 31.3. The van der Waals surface area contributed by atoms with Gasteiger partial charge in [0.05, 0.1) is 0 Å². The highest BCUT2D eigenvalue weighted by atomic mass is 16.3. The number of rotatable bonds is 4. The maximum absolute atomic E-state index is 12.5. The van der Waals surface area contributed by atoms with Crippen LogP contribution in [0.5, 0.6) is 5.75 Å². The summed E-state index contributed by atoms with van der Waals surface area (Å²) in [5.41, 5.74) is 0.0745. The third kappa shape index (κ3) is 2.89. The Kier molecular flexibility index (Phi) is 4.58. The van der Waals surface area contributed by atoms with Gasteiger partial charge in [-0.1, -0.05) is 55.5 Å². The van der Waals surface area contributed by atoms with Crippen molar-refractivity contribution in [2.45, 2.75) is 19.9 Å². The second kappa shape index (κ2) is 7.45. The van der Waals surface area contributed by atoms with Crippen molar-refractivity contribution in [3.63, 3.8) is 0 Å². The maximum Gasteiger partial charge on any atom is 0.329 e. The fraction of sp³-hybridized carbons (Fsp3) is 0.174. The van der Waals surface area contributed by atoms with Crippen molar-refractivity contribution in [3.8, 4) is 5.75 Å². The molecule has 160 valence electrons. The number of imidazole rings is 1. The highest BCUT2D eigenvalue weighted by molar-refractivity contribution is 6.14. The summed E-state index contributed by atoms with van der Waals surface area (Å²) in [6.45, 7) is 2.47. The van der Waals surface area contributed by atoms with E-state index in [0.717, 1.165) is 17.2 Å².